The Kier molecular flexibility index (Phi) is 5.06. The highest BCUT2D eigenvalue weighted by molar-refractivity contribution is 5.32. The minimum absolute atomic E-state index is 0.0331. The predicted octanol–water partition coefficient (Wildman–Crippen LogP) is 3.35. The average Bonchev–Trinajstić information content (AvgIpc) is 2.73. The van der Waals surface area contributed by atoms with E-state index in [9.17, 15) is 0 Å². The minimum atomic E-state index is 0.0331. The molecular formula is C17H28N2O. The highest BCUT2D eigenvalue weighted by Gasteiger charge is 2.39. The second-order valence-electron chi connectivity index (χ2n) is 6.17. The zero-order chi connectivity index (χ0) is 14.6. The van der Waals surface area contributed by atoms with Crippen LogP contribution in [0.1, 0.15) is 50.1 Å². The molecule has 2 rings (SSSR count). The van der Waals surface area contributed by atoms with Crippen LogP contribution in [0.15, 0.2) is 24.3 Å². The van der Waals surface area contributed by atoms with Gasteiger partial charge in [-0.25, -0.2) is 0 Å². The number of hydrogen-bond acceptors (Lipinski definition) is 3. The standard InChI is InChI=1S/C17H28N2O/c1-19(2)17(11-6-4-5-7-12-17)16(18)14-9-8-10-15(13-14)20-3/h8-10,13,16H,4-7,11-12,18H2,1-3H3. The van der Waals surface area contributed by atoms with Crippen LogP contribution in [0.3, 0.4) is 0 Å². The van der Waals surface area contributed by atoms with Crippen molar-refractivity contribution < 1.29 is 4.74 Å². The normalized spacial score (nSPS) is 20.4. The van der Waals surface area contributed by atoms with Gasteiger partial charge >= 0.3 is 0 Å². The number of methoxy groups -OCH3 is 1. The van der Waals surface area contributed by atoms with Crippen LogP contribution >= 0.6 is 0 Å². The van der Waals surface area contributed by atoms with E-state index in [-0.39, 0.29) is 11.6 Å². The van der Waals surface area contributed by atoms with Crippen molar-refractivity contribution >= 4 is 0 Å². The zero-order valence-electron chi connectivity index (χ0n) is 13.1. The second-order valence-corrected chi connectivity index (χ2v) is 6.17. The van der Waals surface area contributed by atoms with Crippen LogP contribution in [0.25, 0.3) is 0 Å². The van der Waals surface area contributed by atoms with Crippen molar-refractivity contribution in [1.29, 1.82) is 0 Å². The summed E-state index contributed by atoms with van der Waals surface area (Å²) in [4.78, 5) is 2.35. The molecule has 0 aliphatic heterocycles. The smallest absolute Gasteiger partial charge is 0.119 e. The van der Waals surface area contributed by atoms with Gasteiger partial charge in [0.05, 0.1) is 7.11 Å². The van der Waals surface area contributed by atoms with Crippen LogP contribution in [-0.2, 0) is 0 Å². The third kappa shape index (κ3) is 2.99. The number of rotatable bonds is 4. The van der Waals surface area contributed by atoms with Gasteiger partial charge in [0, 0.05) is 11.6 Å². The second kappa shape index (κ2) is 6.59. The molecule has 1 saturated carbocycles. The van der Waals surface area contributed by atoms with Gasteiger partial charge in [-0.05, 0) is 44.6 Å². The van der Waals surface area contributed by atoms with Crippen molar-refractivity contribution in [2.75, 3.05) is 21.2 Å². The van der Waals surface area contributed by atoms with Crippen LogP contribution in [0.5, 0.6) is 5.75 Å². The third-order valence-electron chi connectivity index (χ3n) is 4.89. The van der Waals surface area contributed by atoms with Gasteiger partial charge in [-0.1, -0.05) is 37.8 Å². The van der Waals surface area contributed by atoms with Crippen molar-refractivity contribution in [1.82, 2.24) is 4.90 Å². The maximum absolute atomic E-state index is 6.70. The zero-order valence-corrected chi connectivity index (χ0v) is 13.1. The van der Waals surface area contributed by atoms with Gasteiger partial charge in [0.15, 0.2) is 0 Å². The number of nitrogens with zero attached hydrogens (tertiary/aromatic N) is 1. The average molecular weight is 276 g/mol. The lowest BCUT2D eigenvalue weighted by atomic mass is 9.78. The molecule has 3 nitrogen and oxygen atoms in total. The molecule has 2 N–H and O–H groups in total. The molecule has 1 atom stereocenters. The molecule has 1 aliphatic rings. The summed E-state index contributed by atoms with van der Waals surface area (Å²) < 4.78 is 5.34. The van der Waals surface area contributed by atoms with Gasteiger partial charge < -0.3 is 15.4 Å². The Balaban J connectivity index is 2.32. The van der Waals surface area contributed by atoms with Crippen LogP contribution < -0.4 is 10.5 Å². The molecule has 0 bridgehead atoms. The van der Waals surface area contributed by atoms with Crippen LogP contribution in [0, 0.1) is 0 Å². The summed E-state index contributed by atoms with van der Waals surface area (Å²) in [6.45, 7) is 0. The van der Waals surface area contributed by atoms with Gasteiger partial charge in [0.2, 0.25) is 0 Å². The Hall–Kier alpha value is -1.06. The van der Waals surface area contributed by atoms with Crippen molar-refractivity contribution in [3.8, 4) is 5.75 Å². The monoisotopic (exact) mass is 276 g/mol. The van der Waals surface area contributed by atoms with Gasteiger partial charge in [0.25, 0.3) is 0 Å². The van der Waals surface area contributed by atoms with E-state index < -0.39 is 0 Å². The SMILES string of the molecule is COc1cccc(C(N)C2(N(C)C)CCCCCC2)c1. The summed E-state index contributed by atoms with van der Waals surface area (Å²) in [6, 6.07) is 8.26. The summed E-state index contributed by atoms with van der Waals surface area (Å²) in [5, 5.41) is 0. The topological polar surface area (TPSA) is 38.5 Å². The van der Waals surface area contributed by atoms with Crippen molar-refractivity contribution in [3.63, 3.8) is 0 Å². The molecule has 0 amide bonds. The van der Waals surface area contributed by atoms with Gasteiger partial charge in [-0.15, -0.1) is 0 Å². The highest BCUT2D eigenvalue weighted by atomic mass is 16.5. The third-order valence-corrected chi connectivity index (χ3v) is 4.89. The fourth-order valence-corrected chi connectivity index (χ4v) is 3.52. The van der Waals surface area contributed by atoms with Crippen LogP contribution in [0.2, 0.25) is 0 Å². The van der Waals surface area contributed by atoms with Gasteiger partial charge in [0.1, 0.15) is 5.75 Å². The Labute approximate surface area is 123 Å². The molecule has 0 heterocycles. The summed E-state index contributed by atoms with van der Waals surface area (Å²) in [7, 11) is 6.05. The highest BCUT2D eigenvalue weighted by Crippen LogP contribution is 2.40. The molecule has 3 heteroatoms. The summed E-state index contributed by atoms with van der Waals surface area (Å²) in [5.74, 6) is 0.889. The first-order valence-electron chi connectivity index (χ1n) is 7.67. The van der Waals surface area contributed by atoms with Crippen LogP contribution in [0.4, 0.5) is 0 Å². The lowest BCUT2D eigenvalue weighted by Gasteiger charge is -2.44. The Morgan fingerprint density at radius 2 is 1.80 bits per heavy atom. The van der Waals surface area contributed by atoms with Crippen molar-refractivity contribution in [2.24, 2.45) is 5.73 Å². The van der Waals surface area contributed by atoms with E-state index in [1.165, 1.54) is 44.1 Å². The Morgan fingerprint density at radius 3 is 2.35 bits per heavy atom. The first kappa shape index (κ1) is 15.3. The Bertz CT molecular complexity index is 423. The van der Waals surface area contributed by atoms with E-state index in [1.54, 1.807) is 7.11 Å². The molecule has 20 heavy (non-hydrogen) atoms. The number of ether oxygens (including phenoxy) is 1. The summed E-state index contributed by atoms with van der Waals surface area (Å²) >= 11 is 0. The predicted molar refractivity (Wildman–Crippen MR) is 84.0 cm³/mol. The van der Waals surface area contributed by atoms with Crippen molar-refractivity contribution in [2.45, 2.75) is 50.1 Å². The quantitative estimate of drug-likeness (QED) is 0.857. The molecule has 1 fully saturated rings. The number of likely N-dealkylation sites (N-methyl/N-ethyl adjacent to an activating group) is 1. The van der Waals surface area contributed by atoms with Gasteiger partial charge in [-0.2, -0.15) is 0 Å². The number of benzene rings is 1. The minimum Gasteiger partial charge on any atom is -0.497 e. The molecular weight excluding hydrogens is 248 g/mol. The van der Waals surface area contributed by atoms with Crippen molar-refractivity contribution in [3.05, 3.63) is 29.8 Å². The Morgan fingerprint density at radius 1 is 1.15 bits per heavy atom. The van der Waals surface area contributed by atoms with E-state index in [4.69, 9.17) is 10.5 Å². The molecule has 112 valence electrons. The summed E-state index contributed by atoms with van der Waals surface area (Å²) in [5.41, 5.74) is 7.95. The first-order valence-corrected chi connectivity index (χ1v) is 7.67. The van der Waals surface area contributed by atoms with E-state index in [0.717, 1.165) is 5.75 Å². The molecule has 0 radical (unpaired) electrons. The molecule has 0 saturated heterocycles. The fraction of sp³-hybridized carbons (Fsp3) is 0.647. The first-order chi connectivity index (χ1) is 9.60. The maximum Gasteiger partial charge on any atom is 0.119 e. The van der Waals surface area contributed by atoms with Gasteiger partial charge in [-0.3, -0.25) is 0 Å². The lowest BCUT2D eigenvalue weighted by Crippen LogP contribution is -2.52. The number of hydrogen-bond donors (Lipinski definition) is 1. The largest absolute Gasteiger partial charge is 0.497 e. The lowest BCUT2D eigenvalue weighted by molar-refractivity contribution is 0.0968. The molecule has 1 aromatic rings. The fourth-order valence-electron chi connectivity index (χ4n) is 3.52. The van der Waals surface area contributed by atoms with E-state index in [0.29, 0.717) is 0 Å². The maximum atomic E-state index is 6.70. The molecule has 0 aromatic heterocycles. The summed E-state index contributed by atoms with van der Waals surface area (Å²) in [6.07, 6.45) is 7.57. The molecule has 1 aliphatic carbocycles. The number of nitrogens with two attached hydrogens (primary N) is 1. The van der Waals surface area contributed by atoms with E-state index in [2.05, 4.69) is 31.1 Å². The molecule has 1 unspecified atom stereocenters. The van der Waals surface area contributed by atoms with E-state index in [1.807, 2.05) is 12.1 Å². The molecule has 0 spiro atoms. The van der Waals surface area contributed by atoms with Crippen LogP contribution in [-0.4, -0.2) is 31.6 Å². The van der Waals surface area contributed by atoms with E-state index >= 15 is 0 Å². The molecule has 1 aromatic carbocycles.